The molecule has 2 aromatic carbocycles. The van der Waals surface area contributed by atoms with Gasteiger partial charge in [0.25, 0.3) is 5.91 Å². The molecule has 1 heterocycles. The molecule has 0 bridgehead atoms. The van der Waals surface area contributed by atoms with E-state index in [1.165, 1.54) is 0 Å². The molecule has 118 valence electrons. The van der Waals surface area contributed by atoms with Crippen LogP contribution in [0.15, 0.2) is 48.5 Å². The summed E-state index contributed by atoms with van der Waals surface area (Å²) in [5, 5.41) is 12.5. The van der Waals surface area contributed by atoms with Crippen LogP contribution in [-0.4, -0.2) is 10.9 Å². The van der Waals surface area contributed by atoms with Crippen molar-refractivity contribution in [2.75, 3.05) is 11.1 Å². The summed E-state index contributed by atoms with van der Waals surface area (Å²) >= 11 is 7.29. The molecule has 0 fully saturated rings. The van der Waals surface area contributed by atoms with E-state index in [1.807, 2.05) is 12.1 Å². The molecule has 3 aromatic rings. The zero-order valence-electron chi connectivity index (χ0n) is 12.3. The fourth-order valence-electron chi connectivity index (χ4n) is 2.18. The van der Waals surface area contributed by atoms with Gasteiger partial charge < -0.3 is 11.1 Å². The molecule has 0 aliphatic carbocycles. The van der Waals surface area contributed by atoms with Gasteiger partial charge in [0.1, 0.15) is 4.88 Å². The van der Waals surface area contributed by atoms with Crippen LogP contribution >= 0.6 is 22.9 Å². The number of thiazole rings is 1. The van der Waals surface area contributed by atoms with Crippen LogP contribution in [0.2, 0.25) is 5.02 Å². The van der Waals surface area contributed by atoms with E-state index in [9.17, 15) is 4.79 Å². The van der Waals surface area contributed by atoms with Gasteiger partial charge in [-0.2, -0.15) is 5.26 Å². The summed E-state index contributed by atoms with van der Waals surface area (Å²) < 4.78 is 0. The Morgan fingerprint density at radius 3 is 2.79 bits per heavy atom. The summed E-state index contributed by atoms with van der Waals surface area (Å²) in [4.78, 5) is 17.2. The largest absolute Gasteiger partial charge is 0.375 e. The number of carbonyl (C=O) groups excluding carboxylic acids is 1. The number of carbonyl (C=O) groups is 1. The van der Waals surface area contributed by atoms with Crippen LogP contribution in [0.1, 0.15) is 15.2 Å². The van der Waals surface area contributed by atoms with Gasteiger partial charge in [-0.3, -0.25) is 4.79 Å². The number of nitrogens with zero attached hydrogens (tertiary/aromatic N) is 2. The van der Waals surface area contributed by atoms with Crippen molar-refractivity contribution in [3.63, 3.8) is 0 Å². The van der Waals surface area contributed by atoms with Crippen LogP contribution in [0, 0.1) is 11.3 Å². The van der Waals surface area contributed by atoms with Crippen molar-refractivity contribution in [2.45, 2.75) is 0 Å². The second-order valence-corrected chi connectivity index (χ2v) is 6.29. The summed E-state index contributed by atoms with van der Waals surface area (Å²) in [5.41, 5.74) is 7.85. The number of hydrogen-bond acceptors (Lipinski definition) is 5. The summed E-state index contributed by atoms with van der Waals surface area (Å²) in [7, 11) is 0. The maximum atomic E-state index is 12.6. The SMILES string of the molecule is N#Cc1cccc(NC(=O)c2sc(N)nc2-c2ccccc2Cl)c1. The quantitative estimate of drug-likeness (QED) is 0.738. The first-order valence-electron chi connectivity index (χ1n) is 6.91. The number of halogens is 1. The van der Waals surface area contributed by atoms with E-state index in [4.69, 9.17) is 22.6 Å². The van der Waals surface area contributed by atoms with Crippen LogP contribution in [-0.2, 0) is 0 Å². The summed E-state index contributed by atoms with van der Waals surface area (Å²) in [6.07, 6.45) is 0. The molecule has 3 N–H and O–H groups in total. The minimum atomic E-state index is -0.353. The zero-order chi connectivity index (χ0) is 17.1. The highest BCUT2D eigenvalue weighted by molar-refractivity contribution is 7.17. The Kier molecular flexibility index (Phi) is 4.47. The minimum absolute atomic E-state index is 0.279. The van der Waals surface area contributed by atoms with Gasteiger partial charge in [0.2, 0.25) is 0 Å². The van der Waals surface area contributed by atoms with Gasteiger partial charge in [0, 0.05) is 11.3 Å². The normalized spacial score (nSPS) is 10.2. The molecule has 0 aliphatic rings. The van der Waals surface area contributed by atoms with Crippen molar-refractivity contribution in [1.82, 2.24) is 4.98 Å². The van der Waals surface area contributed by atoms with Crippen molar-refractivity contribution in [1.29, 1.82) is 5.26 Å². The molecule has 0 saturated heterocycles. The third-order valence-electron chi connectivity index (χ3n) is 3.23. The van der Waals surface area contributed by atoms with Gasteiger partial charge in [0.15, 0.2) is 5.13 Å². The summed E-state index contributed by atoms with van der Waals surface area (Å²) in [6, 6.07) is 15.8. The third kappa shape index (κ3) is 3.23. The Morgan fingerprint density at radius 1 is 1.25 bits per heavy atom. The number of nitrogens with one attached hydrogen (secondary N) is 1. The number of aromatic nitrogens is 1. The van der Waals surface area contributed by atoms with Crippen molar-refractivity contribution >= 4 is 39.7 Å². The Hall–Kier alpha value is -2.88. The molecule has 24 heavy (non-hydrogen) atoms. The molecule has 0 unspecified atom stereocenters. The molecule has 0 saturated carbocycles. The van der Waals surface area contributed by atoms with E-state index in [-0.39, 0.29) is 11.0 Å². The van der Waals surface area contributed by atoms with E-state index < -0.39 is 0 Å². The molecular weight excluding hydrogens is 344 g/mol. The minimum Gasteiger partial charge on any atom is -0.375 e. The number of hydrogen-bond donors (Lipinski definition) is 2. The van der Waals surface area contributed by atoms with Gasteiger partial charge in [0.05, 0.1) is 22.3 Å². The van der Waals surface area contributed by atoms with E-state index in [0.717, 1.165) is 11.3 Å². The van der Waals surface area contributed by atoms with Gasteiger partial charge in [-0.1, -0.05) is 47.2 Å². The summed E-state index contributed by atoms with van der Waals surface area (Å²) in [6.45, 7) is 0. The number of rotatable bonds is 3. The lowest BCUT2D eigenvalue weighted by atomic mass is 10.1. The van der Waals surface area contributed by atoms with E-state index in [0.29, 0.717) is 32.4 Å². The Bertz CT molecular complexity index is 961. The molecule has 0 spiro atoms. The maximum Gasteiger partial charge on any atom is 0.268 e. The van der Waals surface area contributed by atoms with Crippen molar-refractivity contribution in [2.24, 2.45) is 0 Å². The molecule has 5 nitrogen and oxygen atoms in total. The molecule has 1 amide bonds. The second-order valence-electron chi connectivity index (χ2n) is 4.86. The predicted octanol–water partition coefficient (Wildman–Crippen LogP) is 4.17. The van der Waals surface area contributed by atoms with E-state index in [2.05, 4.69) is 10.3 Å². The van der Waals surface area contributed by atoms with Crippen LogP contribution in [0.4, 0.5) is 10.8 Å². The van der Waals surface area contributed by atoms with E-state index in [1.54, 1.807) is 42.5 Å². The lowest BCUT2D eigenvalue weighted by molar-refractivity contribution is 0.103. The first-order valence-corrected chi connectivity index (χ1v) is 8.10. The molecule has 0 atom stereocenters. The number of nitrogens with two attached hydrogens (primary N) is 1. The number of anilines is 2. The first kappa shape index (κ1) is 16.0. The number of nitriles is 1. The molecule has 0 aliphatic heterocycles. The average molecular weight is 355 g/mol. The molecule has 7 heteroatoms. The average Bonchev–Trinajstić information content (AvgIpc) is 2.97. The van der Waals surface area contributed by atoms with Crippen LogP contribution in [0.5, 0.6) is 0 Å². The van der Waals surface area contributed by atoms with Crippen molar-refractivity contribution in [3.8, 4) is 17.3 Å². The van der Waals surface area contributed by atoms with Crippen LogP contribution in [0.3, 0.4) is 0 Å². The Morgan fingerprint density at radius 2 is 2.04 bits per heavy atom. The van der Waals surface area contributed by atoms with Crippen molar-refractivity contribution in [3.05, 3.63) is 64.0 Å². The highest BCUT2D eigenvalue weighted by Crippen LogP contribution is 2.34. The third-order valence-corrected chi connectivity index (χ3v) is 4.44. The fraction of sp³-hybridized carbons (Fsp3) is 0. The van der Waals surface area contributed by atoms with Crippen LogP contribution < -0.4 is 11.1 Å². The van der Waals surface area contributed by atoms with Crippen molar-refractivity contribution < 1.29 is 4.79 Å². The Balaban J connectivity index is 1.96. The number of nitrogen functional groups attached to an aromatic ring is 1. The second kappa shape index (κ2) is 6.71. The predicted molar refractivity (Wildman–Crippen MR) is 96.1 cm³/mol. The zero-order valence-corrected chi connectivity index (χ0v) is 13.9. The first-order chi connectivity index (χ1) is 11.6. The number of amides is 1. The lowest BCUT2D eigenvalue weighted by Crippen LogP contribution is -2.11. The highest BCUT2D eigenvalue weighted by atomic mass is 35.5. The van der Waals surface area contributed by atoms with Gasteiger partial charge in [-0.05, 0) is 24.3 Å². The maximum absolute atomic E-state index is 12.6. The lowest BCUT2D eigenvalue weighted by Gasteiger charge is -2.06. The molecule has 1 aromatic heterocycles. The molecule has 0 radical (unpaired) electrons. The van der Waals surface area contributed by atoms with Crippen LogP contribution in [0.25, 0.3) is 11.3 Å². The monoisotopic (exact) mass is 354 g/mol. The highest BCUT2D eigenvalue weighted by Gasteiger charge is 2.20. The topological polar surface area (TPSA) is 91.8 Å². The summed E-state index contributed by atoms with van der Waals surface area (Å²) in [5.74, 6) is -0.353. The van der Waals surface area contributed by atoms with Gasteiger partial charge >= 0.3 is 0 Å². The standard InChI is InChI=1S/C17H11ClN4OS/c18-13-7-2-1-6-12(13)14-15(24-17(20)22-14)16(23)21-11-5-3-4-10(8-11)9-19/h1-8H,(H2,20,22)(H,21,23). The fourth-order valence-corrected chi connectivity index (χ4v) is 3.15. The number of benzene rings is 2. The Labute approximate surface area is 147 Å². The smallest absolute Gasteiger partial charge is 0.268 e. The molecular formula is C17H11ClN4OS. The molecule has 3 rings (SSSR count). The van der Waals surface area contributed by atoms with E-state index >= 15 is 0 Å². The van der Waals surface area contributed by atoms with Gasteiger partial charge in [-0.25, -0.2) is 4.98 Å². The van der Waals surface area contributed by atoms with Gasteiger partial charge in [-0.15, -0.1) is 0 Å².